The van der Waals surface area contributed by atoms with E-state index in [4.69, 9.17) is 4.74 Å². The van der Waals surface area contributed by atoms with Crippen LogP contribution in [0.25, 0.3) is 0 Å². The van der Waals surface area contributed by atoms with Crippen LogP contribution in [0.4, 0.5) is 22.0 Å². The molecule has 0 N–H and O–H groups in total. The Morgan fingerprint density at radius 1 is 1.19 bits per heavy atom. The maximum absolute atomic E-state index is 14.5. The number of benzene rings is 1. The summed E-state index contributed by atoms with van der Waals surface area (Å²) in [6.07, 6.45) is -4.51. The maximum Gasteiger partial charge on any atom is 0.424 e. The van der Waals surface area contributed by atoms with Crippen molar-refractivity contribution in [2.24, 2.45) is 5.92 Å². The van der Waals surface area contributed by atoms with Gasteiger partial charge in [0, 0.05) is 0 Å². The standard InChI is InChI=1S/C20H27F5O2/c1-3-5-6-7-14-9-10-15(17(18(14)21)19(22)23)27-20(24,25)16-11-8-13(4-2)12-26-16/h9-10,13,16,19H,3-8,11-12H2,1-2H3. The van der Waals surface area contributed by atoms with Gasteiger partial charge >= 0.3 is 6.11 Å². The van der Waals surface area contributed by atoms with Crippen LogP contribution in [-0.4, -0.2) is 18.8 Å². The first kappa shape index (κ1) is 21.9. The van der Waals surface area contributed by atoms with Crippen molar-refractivity contribution in [1.82, 2.24) is 0 Å². The zero-order valence-corrected chi connectivity index (χ0v) is 15.7. The lowest BCUT2D eigenvalue weighted by Crippen LogP contribution is -2.44. The lowest BCUT2D eigenvalue weighted by atomic mass is 9.96. The van der Waals surface area contributed by atoms with Crippen molar-refractivity contribution in [3.63, 3.8) is 0 Å². The van der Waals surface area contributed by atoms with Crippen LogP contribution in [0.5, 0.6) is 5.75 Å². The third kappa shape index (κ3) is 5.56. The summed E-state index contributed by atoms with van der Waals surface area (Å²) >= 11 is 0. The van der Waals surface area contributed by atoms with Gasteiger partial charge in [-0.25, -0.2) is 13.2 Å². The van der Waals surface area contributed by atoms with Crippen LogP contribution in [0.2, 0.25) is 0 Å². The molecule has 1 aromatic carbocycles. The first-order valence-electron chi connectivity index (χ1n) is 9.57. The fourth-order valence-electron chi connectivity index (χ4n) is 3.28. The summed E-state index contributed by atoms with van der Waals surface area (Å²) in [5.74, 6) is -1.79. The van der Waals surface area contributed by atoms with E-state index in [-0.39, 0.29) is 30.9 Å². The van der Waals surface area contributed by atoms with Crippen molar-refractivity contribution < 1.29 is 31.4 Å². The van der Waals surface area contributed by atoms with Crippen molar-refractivity contribution in [3.05, 3.63) is 29.1 Å². The molecule has 0 aromatic heterocycles. The normalized spacial score (nSPS) is 20.9. The molecule has 1 saturated heterocycles. The average Bonchev–Trinajstić information content (AvgIpc) is 2.63. The molecule has 1 fully saturated rings. The van der Waals surface area contributed by atoms with Crippen LogP contribution in [0, 0.1) is 11.7 Å². The minimum atomic E-state index is -3.81. The van der Waals surface area contributed by atoms with E-state index >= 15 is 0 Å². The molecule has 1 aliphatic rings. The molecule has 1 aliphatic heterocycles. The van der Waals surface area contributed by atoms with E-state index in [2.05, 4.69) is 4.74 Å². The van der Waals surface area contributed by atoms with Crippen LogP contribution in [-0.2, 0) is 11.2 Å². The molecular formula is C20H27F5O2. The second-order valence-electron chi connectivity index (χ2n) is 7.05. The van der Waals surface area contributed by atoms with E-state index in [1.54, 1.807) is 0 Å². The molecule has 154 valence electrons. The van der Waals surface area contributed by atoms with E-state index in [0.717, 1.165) is 25.3 Å². The maximum atomic E-state index is 14.5. The Bertz CT molecular complexity index is 598. The van der Waals surface area contributed by atoms with Gasteiger partial charge in [0.25, 0.3) is 6.43 Å². The first-order chi connectivity index (χ1) is 12.8. The fourth-order valence-corrected chi connectivity index (χ4v) is 3.28. The highest BCUT2D eigenvalue weighted by Gasteiger charge is 2.46. The lowest BCUT2D eigenvalue weighted by Gasteiger charge is -2.33. The molecule has 0 aliphatic carbocycles. The van der Waals surface area contributed by atoms with Gasteiger partial charge in [0.15, 0.2) is 6.10 Å². The van der Waals surface area contributed by atoms with Gasteiger partial charge in [-0.15, -0.1) is 0 Å². The predicted octanol–water partition coefficient (Wildman–Crippen LogP) is 6.67. The monoisotopic (exact) mass is 394 g/mol. The number of hydrogen-bond donors (Lipinski definition) is 0. The molecule has 0 bridgehead atoms. The van der Waals surface area contributed by atoms with Crippen LogP contribution in [0.3, 0.4) is 0 Å². The molecule has 0 spiro atoms. The van der Waals surface area contributed by atoms with Crippen LogP contribution in [0.15, 0.2) is 12.1 Å². The van der Waals surface area contributed by atoms with E-state index < -0.39 is 35.8 Å². The minimum Gasteiger partial charge on any atom is -0.430 e. The third-order valence-electron chi connectivity index (χ3n) is 5.06. The smallest absolute Gasteiger partial charge is 0.424 e. The summed E-state index contributed by atoms with van der Waals surface area (Å²) < 4.78 is 79.9. The SMILES string of the molecule is CCCCCc1ccc(OC(F)(F)C2CCC(CC)CO2)c(C(F)F)c1F. The summed E-state index contributed by atoms with van der Waals surface area (Å²) in [5.41, 5.74) is -1.01. The highest BCUT2D eigenvalue weighted by molar-refractivity contribution is 5.40. The summed E-state index contributed by atoms with van der Waals surface area (Å²) in [6, 6.07) is 2.26. The Kier molecular flexibility index (Phi) is 7.89. The van der Waals surface area contributed by atoms with Gasteiger partial charge < -0.3 is 9.47 Å². The molecule has 1 aromatic rings. The zero-order chi connectivity index (χ0) is 20.0. The second kappa shape index (κ2) is 9.71. The van der Waals surface area contributed by atoms with E-state index in [1.165, 1.54) is 6.07 Å². The predicted molar refractivity (Wildman–Crippen MR) is 92.9 cm³/mol. The molecule has 1 heterocycles. The Hall–Kier alpha value is -1.37. The molecule has 7 heteroatoms. The summed E-state index contributed by atoms with van der Waals surface area (Å²) in [5, 5.41) is 0. The van der Waals surface area contributed by atoms with Gasteiger partial charge in [0.05, 0.1) is 12.2 Å². The largest absolute Gasteiger partial charge is 0.430 e. The number of halogens is 5. The Balaban J connectivity index is 2.18. The van der Waals surface area contributed by atoms with Crippen LogP contribution < -0.4 is 4.74 Å². The second-order valence-corrected chi connectivity index (χ2v) is 7.05. The number of rotatable bonds is 9. The minimum absolute atomic E-state index is 0.0626. The zero-order valence-electron chi connectivity index (χ0n) is 15.7. The number of unbranched alkanes of at least 4 members (excludes halogenated alkanes) is 2. The van der Waals surface area contributed by atoms with E-state index in [9.17, 15) is 22.0 Å². The molecule has 0 saturated carbocycles. The summed E-state index contributed by atoms with van der Waals surface area (Å²) in [6.45, 7) is 4.09. The topological polar surface area (TPSA) is 18.5 Å². The van der Waals surface area contributed by atoms with Gasteiger partial charge in [-0.2, -0.15) is 8.78 Å². The van der Waals surface area contributed by atoms with Crippen LogP contribution >= 0.6 is 0 Å². The van der Waals surface area contributed by atoms with E-state index in [1.807, 2.05) is 13.8 Å². The van der Waals surface area contributed by atoms with Crippen molar-refractivity contribution in [1.29, 1.82) is 0 Å². The first-order valence-corrected chi connectivity index (χ1v) is 9.57. The van der Waals surface area contributed by atoms with Crippen molar-refractivity contribution in [2.75, 3.05) is 6.61 Å². The molecule has 0 radical (unpaired) electrons. The van der Waals surface area contributed by atoms with Gasteiger partial charge in [0.2, 0.25) is 0 Å². The molecule has 2 unspecified atom stereocenters. The van der Waals surface area contributed by atoms with Crippen LogP contribution in [0.1, 0.15) is 69.9 Å². The Morgan fingerprint density at radius 3 is 2.48 bits per heavy atom. The average molecular weight is 394 g/mol. The van der Waals surface area contributed by atoms with Gasteiger partial charge in [-0.05, 0) is 43.2 Å². The highest BCUT2D eigenvalue weighted by Crippen LogP contribution is 2.39. The van der Waals surface area contributed by atoms with Gasteiger partial charge in [-0.3, -0.25) is 0 Å². The number of aryl methyl sites for hydroxylation is 1. The molecule has 2 atom stereocenters. The quantitative estimate of drug-likeness (QED) is 0.344. The van der Waals surface area contributed by atoms with Crippen molar-refractivity contribution in [2.45, 2.75) is 77.4 Å². The number of alkyl halides is 4. The Labute approximate surface area is 157 Å². The summed E-state index contributed by atoms with van der Waals surface area (Å²) in [4.78, 5) is 0. The highest BCUT2D eigenvalue weighted by atomic mass is 19.3. The Morgan fingerprint density at radius 2 is 1.93 bits per heavy atom. The lowest BCUT2D eigenvalue weighted by molar-refractivity contribution is -0.265. The fraction of sp³-hybridized carbons (Fsp3) is 0.700. The molecular weight excluding hydrogens is 367 g/mol. The van der Waals surface area contributed by atoms with E-state index in [0.29, 0.717) is 12.8 Å². The van der Waals surface area contributed by atoms with Crippen molar-refractivity contribution >= 4 is 0 Å². The molecule has 2 nitrogen and oxygen atoms in total. The number of ether oxygens (including phenoxy) is 2. The van der Waals surface area contributed by atoms with Gasteiger partial charge in [-0.1, -0.05) is 39.2 Å². The van der Waals surface area contributed by atoms with Gasteiger partial charge in [0.1, 0.15) is 11.6 Å². The summed E-state index contributed by atoms with van der Waals surface area (Å²) in [7, 11) is 0. The molecule has 2 rings (SSSR count). The molecule has 0 amide bonds. The third-order valence-corrected chi connectivity index (χ3v) is 5.06. The van der Waals surface area contributed by atoms with Crippen molar-refractivity contribution in [3.8, 4) is 5.75 Å². The number of hydrogen-bond acceptors (Lipinski definition) is 2. The molecule has 27 heavy (non-hydrogen) atoms.